The van der Waals surface area contributed by atoms with Gasteiger partial charge in [-0.25, -0.2) is 8.42 Å². The number of fused-ring (bicyclic) bond motifs is 1. The Morgan fingerprint density at radius 2 is 1.82 bits per heavy atom. The molecule has 1 atom stereocenters. The van der Waals surface area contributed by atoms with Gasteiger partial charge in [0.15, 0.2) is 9.84 Å². The number of halogens is 3. The van der Waals surface area contributed by atoms with E-state index in [2.05, 4.69) is 24.9 Å². The summed E-state index contributed by atoms with van der Waals surface area (Å²) < 4.78 is 81.1. The molecule has 44 heavy (non-hydrogen) atoms. The number of carbonyl (C=O) groups excluding carboxylic acids is 1. The largest absolute Gasteiger partial charge is 0.471 e. The van der Waals surface area contributed by atoms with Gasteiger partial charge in [-0.2, -0.15) is 18.2 Å². The summed E-state index contributed by atoms with van der Waals surface area (Å²) in [5.74, 6) is -2.81. The number of carbonyl (C=O) groups is 1. The molecule has 1 spiro atoms. The van der Waals surface area contributed by atoms with E-state index in [-0.39, 0.29) is 40.0 Å². The second-order valence-electron chi connectivity index (χ2n) is 11.0. The van der Waals surface area contributed by atoms with E-state index in [4.69, 9.17) is 14.9 Å². The van der Waals surface area contributed by atoms with Crippen molar-refractivity contribution in [2.75, 3.05) is 35.2 Å². The summed E-state index contributed by atoms with van der Waals surface area (Å²) in [6.45, 7) is 1.66. The minimum atomic E-state index is -4.78. The molecule has 230 valence electrons. The first-order chi connectivity index (χ1) is 20.9. The molecule has 4 heterocycles. The van der Waals surface area contributed by atoms with Gasteiger partial charge in [0.2, 0.25) is 17.6 Å². The van der Waals surface area contributed by atoms with Gasteiger partial charge in [-0.15, -0.1) is 5.10 Å². The van der Waals surface area contributed by atoms with Gasteiger partial charge in [0.05, 0.1) is 47.7 Å². The van der Waals surface area contributed by atoms with Crippen molar-refractivity contribution in [2.24, 2.45) is 5.73 Å². The molecule has 2 aromatic carbocycles. The molecule has 2 aliphatic heterocycles. The average Bonchev–Trinajstić information content (AvgIpc) is 3.39. The molecule has 2 aromatic heterocycles. The first-order valence-electron chi connectivity index (χ1n) is 13.6. The Morgan fingerprint density at radius 3 is 2.52 bits per heavy atom. The molecule has 1 amide bonds. The van der Waals surface area contributed by atoms with E-state index in [1.165, 1.54) is 35.2 Å². The van der Waals surface area contributed by atoms with Crippen molar-refractivity contribution in [1.29, 1.82) is 0 Å². The fourth-order valence-corrected chi connectivity index (χ4v) is 6.87. The van der Waals surface area contributed by atoms with E-state index in [0.717, 1.165) is 12.8 Å². The van der Waals surface area contributed by atoms with Crippen LogP contribution in [0.4, 0.5) is 24.9 Å². The zero-order valence-electron chi connectivity index (χ0n) is 22.8. The van der Waals surface area contributed by atoms with E-state index < -0.39 is 39.6 Å². The predicted octanol–water partition coefficient (Wildman–Crippen LogP) is 2.82. The standard InChI is InChI=1S/C27H24F3N7O6S/c28-27(29,30)24-32-21(35-43-24)16-3-1-15(2-4-16)12-37-19-11-17(5-6-20(19)44(39,40)13-18(31)23(37)38)22-33-34-25(42-22)36-9-10-41-26(14-36)7-8-26/h1-6,11,18H,7-10,12-14,31H2/t18-/m0/s1. The lowest BCUT2D eigenvalue weighted by molar-refractivity contribution is -0.159. The summed E-state index contributed by atoms with van der Waals surface area (Å²) in [4.78, 5) is 19.9. The van der Waals surface area contributed by atoms with Crippen molar-refractivity contribution in [3.8, 4) is 22.8 Å². The fourth-order valence-electron chi connectivity index (χ4n) is 5.31. The molecule has 3 aliphatic rings. The number of rotatable bonds is 5. The molecule has 0 radical (unpaired) electrons. The molecule has 0 bridgehead atoms. The Hall–Kier alpha value is -4.35. The van der Waals surface area contributed by atoms with Crippen LogP contribution >= 0.6 is 0 Å². The number of anilines is 2. The molecule has 0 unspecified atom stereocenters. The fraction of sp³-hybridized carbons (Fsp3) is 0.370. The van der Waals surface area contributed by atoms with Crippen LogP contribution in [0.5, 0.6) is 0 Å². The van der Waals surface area contributed by atoms with Gasteiger partial charge in [-0.05, 0) is 36.6 Å². The van der Waals surface area contributed by atoms with Gasteiger partial charge in [0, 0.05) is 17.7 Å². The highest BCUT2D eigenvalue weighted by atomic mass is 32.2. The maximum absolute atomic E-state index is 13.4. The highest BCUT2D eigenvalue weighted by Crippen LogP contribution is 2.43. The molecule has 4 aromatic rings. The van der Waals surface area contributed by atoms with Crippen LogP contribution in [0.15, 0.2) is 56.3 Å². The number of ether oxygens (including phenoxy) is 1. The molecule has 2 N–H and O–H groups in total. The Morgan fingerprint density at radius 1 is 1.07 bits per heavy atom. The number of aromatic nitrogens is 4. The summed E-state index contributed by atoms with van der Waals surface area (Å²) >= 11 is 0. The van der Waals surface area contributed by atoms with Crippen molar-refractivity contribution in [3.63, 3.8) is 0 Å². The van der Waals surface area contributed by atoms with Crippen LogP contribution in [-0.4, -0.2) is 71.8 Å². The lowest BCUT2D eigenvalue weighted by Crippen LogP contribution is -2.45. The number of hydrogen-bond acceptors (Lipinski definition) is 12. The van der Waals surface area contributed by atoms with Crippen LogP contribution in [-0.2, 0) is 32.1 Å². The molecule has 1 saturated heterocycles. The van der Waals surface area contributed by atoms with E-state index in [0.29, 0.717) is 36.8 Å². The second kappa shape index (κ2) is 10.1. The van der Waals surface area contributed by atoms with Crippen molar-refractivity contribution in [3.05, 3.63) is 53.9 Å². The van der Waals surface area contributed by atoms with Crippen LogP contribution in [0.1, 0.15) is 24.3 Å². The highest BCUT2D eigenvalue weighted by Gasteiger charge is 2.48. The molecule has 13 nitrogen and oxygen atoms in total. The Balaban J connectivity index is 1.19. The van der Waals surface area contributed by atoms with Crippen LogP contribution in [0.2, 0.25) is 0 Å². The average molecular weight is 632 g/mol. The van der Waals surface area contributed by atoms with E-state index in [1.54, 1.807) is 12.1 Å². The van der Waals surface area contributed by atoms with Crippen molar-refractivity contribution in [2.45, 2.75) is 42.1 Å². The Bertz CT molecular complexity index is 1850. The zero-order chi connectivity index (χ0) is 30.9. The molecule has 7 rings (SSSR count). The minimum absolute atomic E-state index is 0.0839. The van der Waals surface area contributed by atoms with Gasteiger partial charge in [0.1, 0.15) is 0 Å². The number of nitrogens with zero attached hydrogens (tertiary/aromatic N) is 6. The third-order valence-corrected chi connectivity index (χ3v) is 9.59. The normalized spacial score (nSPS) is 20.9. The molecular formula is C27H24F3N7O6S. The van der Waals surface area contributed by atoms with Gasteiger partial charge in [0.25, 0.3) is 0 Å². The number of amides is 1. The second-order valence-corrected chi connectivity index (χ2v) is 13.0. The third kappa shape index (κ3) is 5.20. The first kappa shape index (κ1) is 28.4. The smallest absolute Gasteiger partial charge is 0.403 e. The summed E-state index contributed by atoms with van der Waals surface area (Å²) in [5.41, 5.74) is 7.13. The molecule has 1 saturated carbocycles. The molecular weight excluding hydrogens is 607 g/mol. The SMILES string of the molecule is N[C@H]1CS(=O)(=O)c2ccc(-c3nnc(N4CCOC5(CC5)C4)o3)cc2N(Cc2ccc(-c3noc(C(F)(F)F)n3)cc2)C1=O. The van der Waals surface area contributed by atoms with E-state index in [9.17, 15) is 26.4 Å². The van der Waals surface area contributed by atoms with Crippen molar-refractivity contribution >= 4 is 27.4 Å². The van der Waals surface area contributed by atoms with Crippen LogP contribution in [0.25, 0.3) is 22.8 Å². The van der Waals surface area contributed by atoms with Crippen molar-refractivity contribution in [1.82, 2.24) is 20.3 Å². The Labute approximate surface area is 247 Å². The lowest BCUT2D eigenvalue weighted by atomic mass is 10.1. The topological polar surface area (TPSA) is 171 Å². The van der Waals surface area contributed by atoms with Crippen LogP contribution in [0.3, 0.4) is 0 Å². The maximum Gasteiger partial charge on any atom is 0.471 e. The van der Waals surface area contributed by atoms with Gasteiger partial charge in [-0.1, -0.05) is 34.5 Å². The van der Waals surface area contributed by atoms with Crippen molar-refractivity contribution < 1.29 is 40.1 Å². The highest BCUT2D eigenvalue weighted by molar-refractivity contribution is 7.91. The monoisotopic (exact) mass is 631 g/mol. The lowest BCUT2D eigenvalue weighted by Gasteiger charge is -2.31. The van der Waals surface area contributed by atoms with Gasteiger partial charge in [-0.3, -0.25) is 4.79 Å². The molecule has 1 aliphatic carbocycles. The number of benzene rings is 2. The number of morpholine rings is 1. The van der Waals surface area contributed by atoms with Gasteiger partial charge >= 0.3 is 18.1 Å². The quantitative estimate of drug-likeness (QED) is 0.342. The summed E-state index contributed by atoms with van der Waals surface area (Å²) in [7, 11) is -3.95. The van der Waals surface area contributed by atoms with Crippen LogP contribution in [0, 0.1) is 0 Å². The number of alkyl halides is 3. The summed E-state index contributed by atoms with van der Waals surface area (Å²) in [6, 6.07) is 9.44. The third-order valence-electron chi connectivity index (χ3n) is 7.78. The van der Waals surface area contributed by atoms with E-state index >= 15 is 0 Å². The van der Waals surface area contributed by atoms with Gasteiger partial charge < -0.3 is 29.2 Å². The number of sulfone groups is 1. The predicted molar refractivity (Wildman–Crippen MR) is 146 cm³/mol. The Kier molecular flexibility index (Phi) is 6.52. The molecule has 17 heteroatoms. The minimum Gasteiger partial charge on any atom is -0.403 e. The van der Waals surface area contributed by atoms with E-state index in [1.807, 2.05) is 4.90 Å². The van der Waals surface area contributed by atoms with Crippen LogP contribution < -0.4 is 15.5 Å². The summed E-state index contributed by atoms with van der Waals surface area (Å²) in [5, 5.41) is 11.7. The zero-order valence-corrected chi connectivity index (χ0v) is 23.6. The summed E-state index contributed by atoms with van der Waals surface area (Å²) in [6.07, 6.45) is -2.85. The maximum atomic E-state index is 13.4. The number of hydrogen-bond donors (Lipinski definition) is 1. The molecule has 2 fully saturated rings. The number of nitrogens with two attached hydrogens (primary N) is 1. The first-order valence-corrected chi connectivity index (χ1v) is 15.2.